The molecule has 0 unspecified atom stereocenters. The predicted octanol–water partition coefficient (Wildman–Crippen LogP) is 3.19. The molecule has 2 rings (SSSR count). The van der Waals surface area contributed by atoms with E-state index in [-0.39, 0.29) is 0 Å². The number of unbranched alkanes of at least 4 members (excludes halogenated alkanes) is 7. The van der Waals surface area contributed by atoms with Gasteiger partial charge >= 0.3 is 0 Å². The third-order valence-corrected chi connectivity index (χ3v) is 4.32. The number of nitrogens with zero attached hydrogens (tertiary/aromatic N) is 4. The Bertz CT molecular complexity index is 398. The average molecular weight is 292 g/mol. The van der Waals surface area contributed by atoms with E-state index in [9.17, 15) is 4.79 Å². The minimum absolute atomic E-state index is 0.310. The fourth-order valence-corrected chi connectivity index (χ4v) is 2.81. The second-order valence-electron chi connectivity index (χ2n) is 6.09. The zero-order chi connectivity index (χ0) is 14.9. The van der Waals surface area contributed by atoms with Crippen molar-refractivity contribution < 1.29 is 4.79 Å². The third kappa shape index (κ3) is 5.14. The van der Waals surface area contributed by atoms with Gasteiger partial charge in [-0.2, -0.15) is 0 Å². The maximum atomic E-state index is 12.0. The van der Waals surface area contributed by atoms with Crippen LogP contribution in [0.4, 0.5) is 0 Å². The fourth-order valence-electron chi connectivity index (χ4n) is 2.81. The highest BCUT2D eigenvalue weighted by molar-refractivity contribution is 5.77. The number of rotatable bonds is 10. The first-order chi connectivity index (χ1) is 10.3. The SMILES string of the molecule is CCCCCCCCCCC(=O)N1CC(n2cnnc2)C1. The molecule has 21 heavy (non-hydrogen) atoms. The molecule has 0 saturated carbocycles. The van der Waals surface area contributed by atoms with Crippen LogP contribution in [0.25, 0.3) is 0 Å². The monoisotopic (exact) mass is 292 g/mol. The molecular weight excluding hydrogens is 264 g/mol. The molecule has 5 heteroatoms. The molecule has 118 valence electrons. The summed E-state index contributed by atoms with van der Waals surface area (Å²) in [5, 5.41) is 7.60. The Morgan fingerprint density at radius 3 is 2.19 bits per heavy atom. The van der Waals surface area contributed by atoms with Gasteiger partial charge < -0.3 is 9.47 Å². The first kappa shape index (κ1) is 16.0. The molecule has 1 aliphatic rings. The third-order valence-electron chi connectivity index (χ3n) is 4.32. The average Bonchev–Trinajstić information content (AvgIpc) is 2.94. The van der Waals surface area contributed by atoms with E-state index >= 15 is 0 Å². The van der Waals surface area contributed by atoms with E-state index in [1.807, 2.05) is 9.47 Å². The number of amides is 1. The summed E-state index contributed by atoms with van der Waals surface area (Å²) in [4.78, 5) is 14.0. The van der Waals surface area contributed by atoms with Gasteiger partial charge in [0.25, 0.3) is 0 Å². The van der Waals surface area contributed by atoms with Crippen molar-refractivity contribution in [1.29, 1.82) is 0 Å². The topological polar surface area (TPSA) is 51.0 Å². The Labute approximate surface area is 127 Å². The van der Waals surface area contributed by atoms with Crippen LogP contribution in [-0.4, -0.2) is 38.7 Å². The van der Waals surface area contributed by atoms with Crippen molar-refractivity contribution in [2.24, 2.45) is 0 Å². The Kier molecular flexibility index (Phi) is 6.70. The second kappa shape index (κ2) is 8.80. The molecule has 1 aliphatic heterocycles. The lowest BCUT2D eigenvalue weighted by Gasteiger charge is -2.39. The number of carbonyl (C=O) groups is 1. The van der Waals surface area contributed by atoms with E-state index in [0.29, 0.717) is 18.4 Å². The van der Waals surface area contributed by atoms with Gasteiger partial charge in [-0.25, -0.2) is 0 Å². The predicted molar refractivity (Wildman–Crippen MR) is 82.9 cm³/mol. The lowest BCUT2D eigenvalue weighted by Crippen LogP contribution is -2.50. The first-order valence-electron chi connectivity index (χ1n) is 8.43. The summed E-state index contributed by atoms with van der Waals surface area (Å²) in [5.41, 5.74) is 0. The lowest BCUT2D eigenvalue weighted by molar-refractivity contribution is -0.137. The molecule has 0 radical (unpaired) electrons. The minimum atomic E-state index is 0.310. The lowest BCUT2D eigenvalue weighted by atomic mass is 10.1. The molecule has 0 N–H and O–H groups in total. The molecule has 0 atom stereocenters. The second-order valence-corrected chi connectivity index (χ2v) is 6.09. The Morgan fingerprint density at radius 1 is 1.00 bits per heavy atom. The van der Waals surface area contributed by atoms with Gasteiger partial charge in [0.05, 0.1) is 6.04 Å². The highest BCUT2D eigenvalue weighted by Crippen LogP contribution is 2.21. The molecule has 1 amide bonds. The van der Waals surface area contributed by atoms with E-state index < -0.39 is 0 Å². The Hall–Kier alpha value is -1.39. The van der Waals surface area contributed by atoms with Crippen LogP contribution >= 0.6 is 0 Å². The fraction of sp³-hybridized carbons (Fsp3) is 0.812. The van der Waals surface area contributed by atoms with Gasteiger partial charge in [-0.3, -0.25) is 4.79 Å². The molecule has 1 saturated heterocycles. The van der Waals surface area contributed by atoms with Crippen molar-refractivity contribution in [2.45, 2.75) is 70.8 Å². The number of hydrogen-bond donors (Lipinski definition) is 0. The van der Waals surface area contributed by atoms with Crippen molar-refractivity contribution in [3.05, 3.63) is 12.7 Å². The van der Waals surface area contributed by atoms with Crippen LogP contribution in [0.2, 0.25) is 0 Å². The summed E-state index contributed by atoms with van der Waals surface area (Å²) in [6, 6.07) is 0.377. The van der Waals surface area contributed by atoms with Crippen LogP contribution in [0.3, 0.4) is 0 Å². The van der Waals surface area contributed by atoms with Gasteiger partial charge in [-0.05, 0) is 6.42 Å². The van der Waals surface area contributed by atoms with Gasteiger partial charge in [-0.1, -0.05) is 51.9 Å². The molecule has 0 bridgehead atoms. The van der Waals surface area contributed by atoms with Gasteiger partial charge in [-0.15, -0.1) is 10.2 Å². The van der Waals surface area contributed by atoms with Gasteiger partial charge in [0.1, 0.15) is 12.7 Å². The van der Waals surface area contributed by atoms with E-state index in [1.54, 1.807) is 12.7 Å². The van der Waals surface area contributed by atoms with Crippen LogP contribution in [0.15, 0.2) is 12.7 Å². The van der Waals surface area contributed by atoms with Gasteiger partial charge in [0.15, 0.2) is 0 Å². The van der Waals surface area contributed by atoms with Crippen molar-refractivity contribution in [3.63, 3.8) is 0 Å². The molecule has 0 aliphatic carbocycles. The van der Waals surface area contributed by atoms with Crippen LogP contribution in [-0.2, 0) is 4.79 Å². The summed E-state index contributed by atoms with van der Waals surface area (Å²) >= 11 is 0. The van der Waals surface area contributed by atoms with E-state index in [2.05, 4.69) is 17.1 Å². The van der Waals surface area contributed by atoms with Crippen molar-refractivity contribution in [3.8, 4) is 0 Å². The molecule has 2 heterocycles. The standard InChI is InChI=1S/C16H28N4O/c1-2-3-4-5-6-7-8-9-10-16(21)19-11-15(12-19)20-13-17-18-14-20/h13-15H,2-12H2,1H3. The Balaban J connectivity index is 1.46. The van der Waals surface area contributed by atoms with Crippen molar-refractivity contribution in [2.75, 3.05) is 13.1 Å². The number of likely N-dealkylation sites (tertiary alicyclic amines) is 1. The zero-order valence-electron chi connectivity index (χ0n) is 13.2. The highest BCUT2D eigenvalue weighted by atomic mass is 16.2. The van der Waals surface area contributed by atoms with Gasteiger partial charge in [0.2, 0.25) is 5.91 Å². The number of hydrogen-bond acceptors (Lipinski definition) is 3. The molecular formula is C16H28N4O. The quantitative estimate of drug-likeness (QED) is 0.622. The summed E-state index contributed by atoms with van der Waals surface area (Å²) in [6.45, 7) is 3.87. The molecule has 0 spiro atoms. The number of aromatic nitrogens is 3. The zero-order valence-corrected chi connectivity index (χ0v) is 13.2. The highest BCUT2D eigenvalue weighted by Gasteiger charge is 2.31. The Morgan fingerprint density at radius 2 is 1.57 bits per heavy atom. The van der Waals surface area contributed by atoms with Gasteiger partial charge in [0, 0.05) is 19.5 Å². The van der Waals surface area contributed by atoms with Crippen LogP contribution in [0.1, 0.15) is 70.8 Å². The summed E-state index contributed by atoms with van der Waals surface area (Å²) in [6.07, 6.45) is 14.4. The van der Waals surface area contributed by atoms with Crippen LogP contribution < -0.4 is 0 Å². The number of carbonyl (C=O) groups excluding carboxylic acids is 1. The smallest absolute Gasteiger partial charge is 0.222 e. The first-order valence-corrected chi connectivity index (χ1v) is 8.43. The maximum absolute atomic E-state index is 12.0. The van der Waals surface area contributed by atoms with Crippen molar-refractivity contribution >= 4 is 5.91 Å². The minimum Gasteiger partial charge on any atom is -0.338 e. The van der Waals surface area contributed by atoms with E-state index in [1.165, 1.54) is 44.9 Å². The molecule has 1 fully saturated rings. The van der Waals surface area contributed by atoms with E-state index in [0.717, 1.165) is 19.5 Å². The summed E-state index contributed by atoms with van der Waals surface area (Å²) < 4.78 is 1.99. The van der Waals surface area contributed by atoms with E-state index in [4.69, 9.17) is 0 Å². The summed E-state index contributed by atoms with van der Waals surface area (Å²) in [5.74, 6) is 0.310. The normalized spacial score (nSPS) is 15.2. The maximum Gasteiger partial charge on any atom is 0.222 e. The van der Waals surface area contributed by atoms with Crippen LogP contribution in [0, 0.1) is 0 Å². The molecule has 1 aromatic heterocycles. The molecule has 1 aromatic rings. The van der Waals surface area contributed by atoms with Crippen LogP contribution in [0.5, 0.6) is 0 Å². The summed E-state index contributed by atoms with van der Waals surface area (Å²) in [7, 11) is 0. The van der Waals surface area contributed by atoms with Crippen molar-refractivity contribution in [1.82, 2.24) is 19.7 Å². The molecule has 0 aromatic carbocycles. The largest absolute Gasteiger partial charge is 0.338 e. The molecule has 5 nitrogen and oxygen atoms in total.